The van der Waals surface area contributed by atoms with Gasteiger partial charge in [0.2, 0.25) is 5.91 Å². The van der Waals surface area contributed by atoms with Crippen molar-refractivity contribution in [2.24, 2.45) is 5.92 Å². The van der Waals surface area contributed by atoms with E-state index in [1.165, 1.54) is 6.07 Å². The Kier molecular flexibility index (Phi) is 5.34. The van der Waals surface area contributed by atoms with E-state index >= 15 is 0 Å². The molecule has 1 fully saturated rings. The number of anilines is 1. The van der Waals surface area contributed by atoms with Crippen molar-refractivity contribution in [2.75, 3.05) is 18.4 Å². The van der Waals surface area contributed by atoms with E-state index in [1.54, 1.807) is 12.1 Å². The molecule has 2 N–H and O–H groups in total. The predicted molar refractivity (Wildman–Crippen MR) is 77.6 cm³/mol. The van der Waals surface area contributed by atoms with Gasteiger partial charge in [0.05, 0.1) is 5.69 Å². The van der Waals surface area contributed by atoms with Gasteiger partial charge in [0.1, 0.15) is 5.82 Å². The van der Waals surface area contributed by atoms with Crippen LogP contribution in [0.25, 0.3) is 0 Å². The Bertz CT molecular complexity index is 427. The number of para-hydroxylation sites is 1. The number of hydrogen-bond acceptors (Lipinski definition) is 2. The first-order valence-electron chi connectivity index (χ1n) is 6.61. The van der Waals surface area contributed by atoms with Crippen molar-refractivity contribution < 1.29 is 9.18 Å². The molecule has 0 atom stereocenters. The molecule has 1 aliphatic rings. The maximum absolute atomic E-state index is 13.6. The average Bonchev–Trinajstić information content (AvgIpc) is 2.42. The average molecular weight is 329 g/mol. The van der Waals surface area contributed by atoms with E-state index in [2.05, 4.69) is 26.6 Å². The van der Waals surface area contributed by atoms with Crippen molar-refractivity contribution in [1.82, 2.24) is 5.32 Å². The van der Waals surface area contributed by atoms with Crippen LogP contribution in [-0.4, -0.2) is 19.0 Å². The first-order chi connectivity index (χ1) is 9.16. The summed E-state index contributed by atoms with van der Waals surface area (Å²) in [5.41, 5.74) is 0.234. The lowest BCUT2D eigenvalue weighted by Crippen LogP contribution is -2.28. The van der Waals surface area contributed by atoms with Gasteiger partial charge in [-0.3, -0.25) is 4.79 Å². The third-order valence-corrected chi connectivity index (χ3v) is 4.13. The lowest BCUT2D eigenvalue weighted by atomic mass is 9.93. The van der Waals surface area contributed by atoms with Gasteiger partial charge in [0.15, 0.2) is 0 Å². The molecule has 0 radical (unpaired) electrons. The van der Waals surface area contributed by atoms with Crippen LogP contribution >= 0.6 is 15.9 Å². The molecule has 3 nitrogen and oxygen atoms in total. The number of benzene rings is 1. The van der Waals surface area contributed by atoms with Crippen LogP contribution in [0.3, 0.4) is 0 Å². The zero-order valence-corrected chi connectivity index (χ0v) is 12.3. The molecule has 1 aromatic carbocycles. The zero-order valence-electron chi connectivity index (χ0n) is 10.7. The summed E-state index contributed by atoms with van der Waals surface area (Å²) in [7, 11) is 0. The SMILES string of the molecule is O=C(CCC1CCNCC1)Nc1c(F)cccc1Br. The number of halogens is 2. The van der Waals surface area contributed by atoms with Gasteiger partial charge in [0, 0.05) is 10.9 Å². The van der Waals surface area contributed by atoms with Crippen molar-refractivity contribution in [2.45, 2.75) is 25.7 Å². The maximum atomic E-state index is 13.6. The van der Waals surface area contributed by atoms with Crippen molar-refractivity contribution in [3.63, 3.8) is 0 Å². The molecule has 1 aromatic rings. The van der Waals surface area contributed by atoms with Crippen LogP contribution in [0.1, 0.15) is 25.7 Å². The van der Waals surface area contributed by atoms with Gasteiger partial charge in [-0.25, -0.2) is 4.39 Å². The fraction of sp³-hybridized carbons (Fsp3) is 0.500. The second-order valence-corrected chi connectivity index (χ2v) is 5.73. The summed E-state index contributed by atoms with van der Waals surface area (Å²) in [5, 5.41) is 5.94. The van der Waals surface area contributed by atoms with Crippen LogP contribution in [0.2, 0.25) is 0 Å². The number of nitrogens with one attached hydrogen (secondary N) is 2. The third-order valence-electron chi connectivity index (χ3n) is 3.47. The topological polar surface area (TPSA) is 41.1 Å². The van der Waals surface area contributed by atoms with Gasteiger partial charge in [-0.05, 0) is 66.3 Å². The Morgan fingerprint density at radius 1 is 1.42 bits per heavy atom. The van der Waals surface area contributed by atoms with Gasteiger partial charge in [-0.2, -0.15) is 0 Å². The highest BCUT2D eigenvalue weighted by Gasteiger charge is 2.15. The highest BCUT2D eigenvalue weighted by atomic mass is 79.9. The second kappa shape index (κ2) is 7.01. The summed E-state index contributed by atoms with van der Waals surface area (Å²) in [6, 6.07) is 4.66. The Hall–Kier alpha value is -0.940. The van der Waals surface area contributed by atoms with E-state index < -0.39 is 5.82 Å². The summed E-state index contributed by atoms with van der Waals surface area (Å²) in [4.78, 5) is 11.8. The van der Waals surface area contributed by atoms with Crippen LogP contribution < -0.4 is 10.6 Å². The van der Waals surface area contributed by atoms with Gasteiger partial charge < -0.3 is 10.6 Å². The number of hydrogen-bond donors (Lipinski definition) is 2. The predicted octanol–water partition coefficient (Wildman–Crippen LogP) is 3.31. The molecular weight excluding hydrogens is 311 g/mol. The minimum Gasteiger partial charge on any atom is -0.323 e. The Morgan fingerprint density at radius 2 is 2.16 bits per heavy atom. The van der Waals surface area contributed by atoms with Crippen molar-refractivity contribution in [1.29, 1.82) is 0 Å². The molecule has 1 saturated heterocycles. The van der Waals surface area contributed by atoms with Crippen LogP contribution in [0.5, 0.6) is 0 Å². The number of rotatable bonds is 4. The van der Waals surface area contributed by atoms with E-state index in [-0.39, 0.29) is 11.6 Å². The van der Waals surface area contributed by atoms with E-state index in [9.17, 15) is 9.18 Å². The van der Waals surface area contributed by atoms with Crippen molar-refractivity contribution in [3.8, 4) is 0 Å². The lowest BCUT2D eigenvalue weighted by Gasteiger charge is -2.22. The first-order valence-corrected chi connectivity index (χ1v) is 7.40. The summed E-state index contributed by atoms with van der Waals surface area (Å²) < 4.78 is 14.1. The van der Waals surface area contributed by atoms with Gasteiger partial charge in [0.25, 0.3) is 0 Å². The number of carbonyl (C=O) groups excluding carboxylic acids is 1. The molecule has 104 valence electrons. The van der Waals surface area contributed by atoms with E-state index in [0.29, 0.717) is 16.8 Å². The molecule has 5 heteroatoms. The van der Waals surface area contributed by atoms with Gasteiger partial charge in [-0.15, -0.1) is 0 Å². The summed E-state index contributed by atoms with van der Waals surface area (Å²) in [5.74, 6) is 0.0741. The standard InChI is InChI=1S/C14H18BrFN2O/c15-11-2-1-3-12(16)14(11)18-13(19)5-4-10-6-8-17-9-7-10/h1-3,10,17H,4-9H2,(H,18,19). The molecule has 1 aliphatic heterocycles. The molecule has 0 aromatic heterocycles. The summed E-state index contributed by atoms with van der Waals surface area (Å²) >= 11 is 3.24. The number of amides is 1. The summed E-state index contributed by atoms with van der Waals surface area (Å²) in [6.45, 7) is 2.07. The van der Waals surface area contributed by atoms with Gasteiger partial charge >= 0.3 is 0 Å². The fourth-order valence-corrected chi connectivity index (χ4v) is 2.77. The largest absolute Gasteiger partial charge is 0.323 e. The monoisotopic (exact) mass is 328 g/mol. The van der Waals surface area contributed by atoms with Gasteiger partial charge in [-0.1, -0.05) is 6.07 Å². The maximum Gasteiger partial charge on any atom is 0.224 e. The molecule has 0 saturated carbocycles. The second-order valence-electron chi connectivity index (χ2n) is 4.88. The van der Waals surface area contributed by atoms with E-state index in [0.717, 1.165) is 32.4 Å². The van der Waals surface area contributed by atoms with Crippen molar-refractivity contribution >= 4 is 27.5 Å². The molecule has 1 amide bonds. The van der Waals surface area contributed by atoms with Crippen LogP contribution in [0.15, 0.2) is 22.7 Å². The Morgan fingerprint density at radius 3 is 2.84 bits per heavy atom. The van der Waals surface area contributed by atoms with E-state index in [1.807, 2.05) is 0 Å². The highest BCUT2D eigenvalue weighted by Crippen LogP contribution is 2.26. The molecule has 0 spiro atoms. The Balaban J connectivity index is 1.83. The number of carbonyl (C=O) groups is 1. The minimum absolute atomic E-state index is 0.121. The van der Waals surface area contributed by atoms with Crippen molar-refractivity contribution in [3.05, 3.63) is 28.5 Å². The molecular formula is C14H18BrFN2O. The van der Waals surface area contributed by atoms with E-state index in [4.69, 9.17) is 0 Å². The Labute approximate surface area is 121 Å². The fourth-order valence-electron chi connectivity index (χ4n) is 2.32. The molecule has 0 aliphatic carbocycles. The quantitative estimate of drug-likeness (QED) is 0.890. The first kappa shape index (κ1) is 14.5. The molecule has 0 bridgehead atoms. The normalized spacial score (nSPS) is 16.3. The molecule has 2 rings (SSSR count). The van der Waals surface area contributed by atoms with Crippen LogP contribution in [0.4, 0.5) is 10.1 Å². The highest BCUT2D eigenvalue weighted by molar-refractivity contribution is 9.10. The lowest BCUT2D eigenvalue weighted by molar-refractivity contribution is -0.116. The third kappa shape index (κ3) is 4.28. The smallest absolute Gasteiger partial charge is 0.224 e. The molecule has 1 heterocycles. The molecule has 19 heavy (non-hydrogen) atoms. The van der Waals surface area contributed by atoms with Crippen LogP contribution in [0, 0.1) is 11.7 Å². The number of piperidine rings is 1. The summed E-state index contributed by atoms with van der Waals surface area (Å²) in [6.07, 6.45) is 3.57. The zero-order chi connectivity index (χ0) is 13.7. The minimum atomic E-state index is -0.412. The van der Waals surface area contributed by atoms with Crippen LogP contribution in [-0.2, 0) is 4.79 Å². The molecule has 0 unspecified atom stereocenters.